The number of aliphatic hydroxyl groups excluding tert-OH is 1. The van der Waals surface area contributed by atoms with Gasteiger partial charge >= 0.3 is 0 Å². The first-order valence-corrected chi connectivity index (χ1v) is 9.22. The molecule has 1 fully saturated rings. The molecule has 1 saturated heterocycles. The fourth-order valence-electron chi connectivity index (χ4n) is 3.10. The van der Waals surface area contributed by atoms with Crippen molar-refractivity contribution in [1.29, 1.82) is 0 Å². The van der Waals surface area contributed by atoms with Crippen LogP contribution >= 0.6 is 11.6 Å². The van der Waals surface area contributed by atoms with Gasteiger partial charge in [-0.2, -0.15) is 0 Å². The summed E-state index contributed by atoms with van der Waals surface area (Å²) in [4.78, 5) is 4.64. The predicted molar refractivity (Wildman–Crippen MR) is 101 cm³/mol. The molecule has 0 bridgehead atoms. The molecule has 1 heterocycles. The second-order valence-electron chi connectivity index (χ2n) is 6.63. The van der Waals surface area contributed by atoms with E-state index in [9.17, 15) is 9.50 Å². The highest BCUT2D eigenvalue weighted by molar-refractivity contribution is 6.30. The maximum absolute atomic E-state index is 12.9. The highest BCUT2D eigenvalue weighted by Crippen LogP contribution is 2.15. The van der Waals surface area contributed by atoms with Gasteiger partial charge in [0.1, 0.15) is 24.3 Å². The summed E-state index contributed by atoms with van der Waals surface area (Å²) >= 11 is 6.04. The highest BCUT2D eigenvalue weighted by Gasteiger charge is 2.19. The van der Waals surface area contributed by atoms with Gasteiger partial charge in [-0.15, -0.1) is 0 Å². The van der Waals surface area contributed by atoms with E-state index in [1.807, 2.05) is 18.2 Å². The Hall–Kier alpha value is -1.66. The topological polar surface area (TPSA) is 35.9 Å². The summed E-state index contributed by atoms with van der Waals surface area (Å²) in [5, 5.41) is 10.9. The van der Waals surface area contributed by atoms with Gasteiger partial charge in [0.05, 0.1) is 0 Å². The molecule has 0 amide bonds. The van der Waals surface area contributed by atoms with Gasteiger partial charge in [-0.25, -0.2) is 4.39 Å². The molecular weight excluding hydrogens is 355 g/mol. The van der Waals surface area contributed by atoms with Crippen molar-refractivity contribution in [2.75, 3.05) is 39.3 Å². The molecule has 1 aliphatic rings. The lowest BCUT2D eigenvalue weighted by Gasteiger charge is -2.35. The summed E-state index contributed by atoms with van der Waals surface area (Å²) in [5.41, 5.74) is 1.22. The Morgan fingerprint density at radius 1 is 1.04 bits per heavy atom. The van der Waals surface area contributed by atoms with Gasteiger partial charge in [-0.05, 0) is 42.0 Å². The van der Waals surface area contributed by atoms with Gasteiger partial charge in [0.15, 0.2) is 0 Å². The average molecular weight is 379 g/mol. The molecular formula is C20H24ClFN2O2. The van der Waals surface area contributed by atoms with E-state index in [1.54, 1.807) is 12.1 Å². The van der Waals surface area contributed by atoms with Crippen molar-refractivity contribution in [1.82, 2.24) is 9.80 Å². The van der Waals surface area contributed by atoms with Gasteiger partial charge in [0.2, 0.25) is 0 Å². The number of β-amino-alcohol motifs (C(OH)–C–C–N with tert-alkyl or cyclic N) is 1. The summed E-state index contributed by atoms with van der Waals surface area (Å²) in [6, 6.07) is 13.8. The third-order valence-corrected chi connectivity index (χ3v) is 4.72. The molecule has 0 aromatic heterocycles. The van der Waals surface area contributed by atoms with Crippen LogP contribution in [0.25, 0.3) is 0 Å². The molecule has 2 aromatic rings. The van der Waals surface area contributed by atoms with E-state index in [0.717, 1.165) is 37.7 Å². The van der Waals surface area contributed by atoms with Crippen LogP contribution in [-0.2, 0) is 6.54 Å². The molecule has 1 aliphatic heterocycles. The molecule has 140 valence electrons. The quantitative estimate of drug-likeness (QED) is 0.803. The molecule has 1 atom stereocenters. The lowest BCUT2D eigenvalue weighted by atomic mass is 10.2. The molecule has 26 heavy (non-hydrogen) atoms. The van der Waals surface area contributed by atoms with Crippen LogP contribution < -0.4 is 4.74 Å². The summed E-state index contributed by atoms with van der Waals surface area (Å²) in [6.45, 7) is 5.41. The lowest BCUT2D eigenvalue weighted by Crippen LogP contribution is -2.48. The molecule has 0 saturated carbocycles. The van der Waals surface area contributed by atoms with Crippen LogP contribution in [0.15, 0.2) is 48.5 Å². The molecule has 1 N–H and O–H groups in total. The first-order chi connectivity index (χ1) is 12.6. The molecule has 4 nitrogen and oxygen atoms in total. The number of nitrogens with zero attached hydrogens (tertiary/aromatic N) is 2. The van der Waals surface area contributed by atoms with Crippen LogP contribution in [0.5, 0.6) is 5.75 Å². The van der Waals surface area contributed by atoms with Crippen LogP contribution in [-0.4, -0.2) is 60.3 Å². The van der Waals surface area contributed by atoms with Crippen LogP contribution in [0.3, 0.4) is 0 Å². The first kappa shape index (κ1) is 19.1. The van der Waals surface area contributed by atoms with E-state index >= 15 is 0 Å². The Morgan fingerprint density at radius 3 is 2.42 bits per heavy atom. The fraction of sp³-hybridized carbons (Fsp3) is 0.400. The fourth-order valence-corrected chi connectivity index (χ4v) is 3.31. The normalized spacial score (nSPS) is 17.2. The van der Waals surface area contributed by atoms with E-state index in [-0.39, 0.29) is 12.4 Å². The van der Waals surface area contributed by atoms with Gasteiger partial charge < -0.3 is 9.84 Å². The maximum atomic E-state index is 12.9. The first-order valence-electron chi connectivity index (χ1n) is 8.84. The zero-order valence-electron chi connectivity index (χ0n) is 14.7. The zero-order chi connectivity index (χ0) is 18.4. The lowest BCUT2D eigenvalue weighted by molar-refractivity contribution is 0.0446. The Labute approximate surface area is 158 Å². The predicted octanol–water partition coefficient (Wildman–Crippen LogP) is 3.04. The third-order valence-electron chi connectivity index (χ3n) is 4.49. The Bertz CT molecular complexity index is 690. The van der Waals surface area contributed by atoms with Crippen LogP contribution in [0.2, 0.25) is 5.02 Å². The molecule has 0 aliphatic carbocycles. The summed E-state index contributed by atoms with van der Waals surface area (Å²) < 4.78 is 18.4. The van der Waals surface area contributed by atoms with Crippen molar-refractivity contribution >= 4 is 11.6 Å². The number of aliphatic hydroxyl groups is 1. The summed E-state index contributed by atoms with van der Waals surface area (Å²) in [7, 11) is 0. The summed E-state index contributed by atoms with van der Waals surface area (Å²) in [6.07, 6.45) is -0.570. The Kier molecular flexibility index (Phi) is 6.86. The molecule has 0 radical (unpaired) electrons. The van der Waals surface area contributed by atoms with Crippen molar-refractivity contribution in [3.05, 3.63) is 64.9 Å². The Balaban J connectivity index is 1.37. The van der Waals surface area contributed by atoms with E-state index in [1.165, 1.54) is 17.7 Å². The van der Waals surface area contributed by atoms with E-state index in [0.29, 0.717) is 12.3 Å². The minimum atomic E-state index is -0.570. The molecule has 3 rings (SSSR count). The minimum absolute atomic E-state index is 0.203. The van der Waals surface area contributed by atoms with E-state index in [2.05, 4.69) is 15.9 Å². The van der Waals surface area contributed by atoms with Crippen molar-refractivity contribution < 1.29 is 14.2 Å². The van der Waals surface area contributed by atoms with Gasteiger partial charge in [0.25, 0.3) is 0 Å². The van der Waals surface area contributed by atoms with Crippen LogP contribution in [0.4, 0.5) is 4.39 Å². The molecule has 0 spiro atoms. The largest absolute Gasteiger partial charge is 0.491 e. The molecule has 1 unspecified atom stereocenters. The average Bonchev–Trinajstić information content (AvgIpc) is 2.63. The van der Waals surface area contributed by atoms with Crippen molar-refractivity contribution in [3.8, 4) is 5.75 Å². The zero-order valence-corrected chi connectivity index (χ0v) is 15.4. The van der Waals surface area contributed by atoms with Crippen molar-refractivity contribution in [2.24, 2.45) is 0 Å². The molecule has 6 heteroatoms. The van der Waals surface area contributed by atoms with E-state index in [4.69, 9.17) is 16.3 Å². The molecule has 2 aromatic carbocycles. The SMILES string of the molecule is OC(COc1ccc(F)cc1)CN1CCN(Cc2cccc(Cl)c2)CC1. The van der Waals surface area contributed by atoms with Crippen LogP contribution in [0.1, 0.15) is 5.56 Å². The smallest absolute Gasteiger partial charge is 0.123 e. The minimum Gasteiger partial charge on any atom is -0.491 e. The maximum Gasteiger partial charge on any atom is 0.123 e. The number of benzene rings is 2. The number of hydrogen-bond acceptors (Lipinski definition) is 4. The number of hydrogen-bond donors (Lipinski definition) is 1. The Morgan fingerprint density at radius 2 is 1.73 bits per heavy atom. The van der Waals surface area contributed by atoms with Crippen molar-refractivity contribution in [3.63, 3.8) is 0 Å². The number of halogens is 2. The second kappa shape index (κ2) is 9.33. The van der Waals surface area contributed by atoms with E-state index < -0.39 is 6.10 Å². The standard InChI is InChI=1S/C20H24ClFN2O2/c21-17-3-1-2-16(12-17)13-23-8-10-24(11-9-23)14-19(25)15-26-20-6-4-18(22)5-7-20/h1-7,12,19,25H,8-11,13-15H2. The van der Waals surface area contributed by atoms with Gasteiger partial charge in [-0.3, -0.25) is 9.80 Å². The second-order valence-corrected chi connectivity index (χ2v) is 7.06. The number of rotatable bonds is 7. The van der Waals surface area contributed by atoms with Gasteiger partial charge in [-0.1, -0.05) is 23.7 Å². The highest BCUT2D eigenvalue weighted by atomic mass is 35.5. The van der Waals surface area contributed by atoms with Gasteiger partial charge in [0, 0.05) is 44.3 Å². The van der Waals surface area contributed by atoms with Crippen molar-refractivity contribution in [2.45, 2.75) is 12.6 Å². The van der Waals surface area contributed by atoms with Crippen LogP contribution in [0, 0.1) is 5.82 Å². The summed E-state index contributed by atoms with van der Waals surface area (Å²) in [5.74, 6) is 0.269. The monoisotopic (exact) mass is 378 g/mol. The number of ether oxygens (including phenoxy) is 1. The third kappa shape index (κ3) is 5.95. The number of piperazine rings is 1.